The van der Waals surface area contributed by atoms with Crippen LogP contribution in [0.4, 0.5) is 5.69 Å². The first-order valence-electron chi connectivity index (χ1n) is 12.9. The Balaban J connectivity index is 1.59. The van der Waals surface area contributed by atoms with E-state index < -0.39 is 5.60 Å². The molecular weight excluding hydrogens is 515 g/mol. The zero-order valence-corrected chi connectivity index (χ0v) is 23.4. The summed E-state index contributed by atoms with van der Waals surface area (Å²) in [7, 11) is 0. The van der Waals surface area contributed by atoms with E-state index in [4.69, 9.17) is 23.2 Å². The van der Waals surface area contributed by atoms with Gasteiger partial charge in [0.2, 0.25) is 0 Å². The van der Waals surface area contributed by atoms with Crippen molar-refractivity contribution >= 4 is 34.6 Å². The summed E-state index contributed by atoms with van der Waals surface area (Å²) in [6.07, 6.45) is 1.02. The number of nitrogens with one attached hydrogen (secondary N) is 1. The maximum Gasteiger partial charge on any atom is 0.101 e. The first-order valence-corrected chi connectivity index (χ1v) is 13.7. The molecule has 1 aliphatic heterocycles. The van der Waals surface area contributed by atoms with Gasteiger partial charge in [-0.15, -0.1) is 0 Å². The highest BCUT2D eigenvalue weighted by Gasteiger charge is 2.34. The third-order valence-electron chi connectivity index (χ3n) is 7.06. The molecule has 0 amide bonds. The van der Waals surface area contributed by atoms with Crippen LogP contribution in [0.3, 0.4) is 0 Å². The number of hydrogen-bond donors (Lipinski definition) is 2. The van der Waals surface area contributed by atoms with Crippen LogP contribution < -0.4 is 10.2 Å². The number of rotatable bonds is 9. The number of aliphatic hydroxyl groups is 1. The smallest absolute Gasteiger partial charge is 0.101 e. The molecular formula is C31H34Cl2N4O. The van der Waals surface area contributed by atoms with Crippen LogP contribution in [0, 0.1) is 11.3 Å². The average Bonchev–Trinajstić information content (AvgIpc) is 2.92. The highest BCUT2D eigenvalue weighted by atomic mass is 35.5. The molecule has 0 radical (unpaired) electrons. The van der Waals surface area contributed by atoms with Crippen LogP contribution in [0.1, 0.15) is 48.6 Å². The predicted octanol–water partition coefficient (Wildman–Crippen LogP) is 6.61. The molecule has 0 aliphatic carbocycles. The maximum atomic E-state index is 11.6. The topological polar surface area (TPSA) is 62.5 Å². The van der Waals surface area contributed by atoms with Crippen LogP contribution in [-0.4, -0.2) is 42.7 Å². The van der Waals surface area contributed by atoms with Crippen LogP contribution in [0.2, 0.25) is 10.0 Å². The van der Waals surface area contributed by atoms with Crippen molar-refractivity contribution in [2.75, 3.05) is 37.6 Å². The van der Waals surface area contributed by atoms with Crippen molar-refractivity contribution in [3.05, 3.63) is 106 Å². The third-order valence-corrected chi connectivity index (χ3v) is 7.55. The van der Waals surface area contributed by atoms with E-state index in [0.29, 0.717) is 35.2 Å². The van der Waals surface area contributed by atoms with Gasteiger partial charge in [-0.25, -0.2) is 0 Å². The molecule has 38 heavy (non-hydrogen) atoms. The summed E-state index contributed by atoms with van der Waals surface area (Å²) >= 11 is 12.4. The summed E-state index contributed by atoms with van der Waals surface area (Å²) in [5.74, 6) is 0. The molecule has 0 saturated carbocycles. The molecule has 198 valence electrons. The van der Waals surface area contributed by atoms with E-state index in [-0.39, 0.29) is 6.04 Å². The minimum atomic E-state index is -1.06. The van der Waals surface area contributed by atoms with Crippen molar-refractivity contribution in [3.8, 4) is 6.07 Å². The molecule has 0 unspecified atom stereocenters. The number of β-amino-alcohol motifs (C(OH)–C–C–N with tert-alkyl or cyclic N) is 1. The zero-order valence-electron chi connectivity index (χ0n) is 21.9. The van der Waals surface area contributed by atoms with Crippen molar-refractivity contribution < 1.29 is 5.11 Å². The lowest BCUT2D eigenvalue weighted by Crippen LogP contribution is -2.52. The highest BCUT2D eigenvalue weighted by Crippen LogP contribution is 2.35. The lowest BCUT2D eigenvalue weighted by atomic mass is 9.92. The quantitative estimate of drug-likeness (QED) is 0.315. The number of piperazine rings is 1. The van der Waals surface area contributed by atoms with Gasteiger partial charge in [-0.2, -0.15) is 5.26 Å². The fourth-order valence-electron chi connectivity index (χ4n) is 5.04. The molecule has 5 nitrogen and oxygen atoms in total. The Hall–Kier alpha value is -3.01. The summed E-state index contributed by atoms with van der Waals surface area (Å²) in [5.41, 5.74) is 4.12. The number of anilines is 1. The Bertz CT molecular complexity index is 1320. The van der Waals surface area contributed by atoms with Gasteiger partial charge in [0, 0.05) is 48.5 Å². The molecule has 0 spiro atoms. The van der Waals surface area contributed by atoms with Gasteiger partial charge in [-0.3, -0.25) is 4.90 Å². The monoisotopic (exact) mass is 548 g/mol. The standard InChI is InChI=1S/C31H34Cl2N4O/c1-4-14-35-22(2)24-6-5-7-26(17-24)31(3,38)21-36-15-16-37(29-13-12-28(33)18-25(29)19-34)30(20-36)23-8-10-27(32)11-9-23/h5-13,17-18,30,35,38H,2,4,14-16,20-21H2,1,3H3/t30-,31+/m0/s1. The van der Waals surface area contributed by atoms with Gasteiger partial charge < -0.3 is 15.3 Å². The highest BCUT2D eigenvalue weighted by molar-refractivity contribution is 6.31. The number of hydrogen-bond acceptors (Lipinski definition) is 5. The molecule has 3 aromatic carbocycles. The van der Waals surface area contributed by atoms with E-state index >= 15 is 0 Å². The lowest BCUT2D eigenvalue weighted by Gasteiger charge is -2.45. The van der Waals surface area contributed by atoms with E-state index in [1.54, 1.807) is 6.07 Å². The fourth-order valence-corrected chi connectivity index (χ4v) is 5.33. The predicted molar refractivity (Wildman–Crippen MR) is 157 cm³/mol. The number of nitrogens with zero attached hydrogens (tertiary/aromatic N) is 3. The molecule has 1 heterocycles. The van der Waals surface area contributed by atoms with Gasteiger partial charge in [0.05, 0.1) is 22.9 Å². The van der Waals surface area contributed by atoms with Crippen LogP contribution in [0.5, 0.6) is 0 Å². The second-order valence-corrected chi connectivity index (χ2v) is 10.9. The summed E-state index contributed by atoms with van der Waals surface area (Å²) < 4.78 is 0. The third kappa shape index (κ3) is 6.51. The first-order chi connectivity index (χ1) is 18.2. The molecule has 2 atom stereocenters. The lowest BCUT2D eigenvalue weighted by molar-refractivity contribution is 0.0103. The molecule has 7 heteroatoms. The van der Waals surface area contributed by atoms with Crippen LogP contribution >= 0.6 is 23.2 Å². The van der Waals surface area contributed by atoms with E-state index in [9.17, 15) is 10.4 Å². The van der Waals surface area contributed by atoms with Crippen molar-refractivity contribution in [1.29, 1.82) is 5.26 Å². The van der Waals surface area contributed by atoms with E-state index in [1.165, 1.54) is 0 Å². The molecule has 1 fully saturated rings. The average molecular weight is 550 g/mol. The minimum Gasteiger partial charge on any atom is -0.385 e. The number of nitriles is 1. The number of benzene rings is 3. The summed E-state index contributed by atoms with van der Waals surface area (Å²) in [6.45, 7) is 11.6. The zero-order chi connectivity index (χ0) is 27.3. The Labute approximate surface area is 235 Å². The summed E-state index contributed by atoms with van der Waals surface area (Å²) in [4.78, 5) is 4.54. The Morgan fingerprint density at radius 1 is 1.11 bits per heavy atom. The van der Waals surface area contributed by atoms with Gasteiger partial charge in [0.1, 0.15) is 6.07 Å². The largest absolute Gasteiger partial charge is 0.385 e. The van der Waals surface area contributed by atoms with Crippen molar-refractivity contribution in [1.82, 2.24) is 10.2 Å². The van der Waals surface area contributed by atoms with Crippen molar-refractivity contribution in [3.63, 3.8) is 0 Å². The molecule has 1 aliphatic rings. The Kier molecular flexibility index (Phi) is 9.02. The maximum absolute atomic E-state index is 11.6. The number of halogens is 2. The van der Waals surface area contributed by atoms with Crippen LogP contribution in [0.25, 0.3) is 5.70 Å². The molecule has 4 rings (SSSR count). The van der Waals surface area contributed by atoms with Crippen molar-refractivity contribution in [2.24, 2.45) is 0 Å². The van der Waals surface area contributed by atoms with E-state index in [2.05, 4.69) is 34.7 Å². The molecule has 0 bridgehead atoms. The SMILES string of the molecule is C=C(NCCC)c1cccc([C@](C)(O)CN2CCN(c3ccc(Cl)cc3C#N)[C@H](c3ccc(Cl)cc3)C2)c1. The van der Waals surface area contributed by atoms with Gasteiger partial charge in [0.15, 0.2) is 0 Å². The molecule has 0 aromatic heterocycles. The second-order valence-electron chi connectivity index (χ2n) is 10.0. The summed E-state index contributed by atoms with van der Waals surface area (Å²) in [6, 6.07) is 23.5. The second kappa shape index (κ2) is 12.2. The van der Waals surface area contributed by atoms with Gasteiger partial charge in [-0.1, -0.05) is 67.0 Å². The van der Waals surface area contributed by atoms with Crippen molar-refractivity contribution in [2.45, 2.75) is 31.9 Å². The van der Waals surface area contributed by atoms with Gasteiger partial charge >= 0.3 is 0 Å². The minimum absolute atomic E-state index is 0.0329. The normalized spacial score (nSPS) is 17.5. The van der Waals surface area contributed by atoms with Gasteiger partial charge in [-0.05, 0) is 66.4 Å². The van der Waals surface area contributed by atoms with Crippen LogP contribution in [0.15, 0.2) is 73.3 Å². The molecule has 1 saturated heterocycles. The first kappa shape index (κ1) is 28.0. The van der Waals surface area contributed by atoms with Crippen LogP contribution in [-0.2, 0) is 5.60 Å². The molecule has 2 N–H and O–H groups in total. The molecule has 3 aromatic rings. The van der Waals surface area contributed by atoms with E-state index in [1.807, 2.05) is 67.6 Å². The summed E-state index contributed by atoms with van der Waals surface area (Å²) in [5, 5.41) is 26.0. The fraction of sp³-hybridized carbons (Fsp3) is 0.323. The Morgan fingerprint density at radius 3 is 2.55 bits per heavy atom. The Morgan fingerprint density at radius 2 is 1.84 bits per heavy atom. The van der Waals surface area contributed by atoms with Gasteiger partial charge in [0.25, 0.3) is 0 Å². The van der Waals surface area contributed by atoms with E-state index in [0.717, 1.165) is 47.6 Å².